The Labute approximate surface area is 186 Å². The van der Waals surface area contributed by atoms with Gasteiger partial charge in [0.1, 0.15) is 0 Å². The molecule has 2 aromatic rings. The van der Waals surface area contributed by atoms with Crippen LogP contribution in [0.4, 0.5) is 0 Å². The lowest BCUT2D eigenvalue weighted by Gasteiger charge is -2.21. The van der Waals surface area contributed by atoms with E-state index in [0.717, 1.165) is 36.4 Å². The largest absolute Gasteiger partial charge is 0.493 e. The van der Waals surface area contributed by atoms with Crippen LogP contribution < -0.4 is 9.47 Å². The number of carbonyl (C=O) groups is 1. The molecule has 4 nitrogen and oxygen atoms in total. The first kappa shape index (κ1) is 21.7. The lowest BCUT2D eigenvalue weighted by Crippen LogP contribution is -2.24. The van der Waals surface area contributed by atoms with Gasteiger partial charge in [-0.1, -0.05) is 51.1 Å². The second-order valence-corrected chi connectivity index (χ2v) is 10.1. The summed E-state index contributed by atoms with van der Waals surface area (Å²) in [6.07, 6.45) is 5.51. The number of likely N-dealkylation sites (tertiary alicyclic amines) is 1. The maximum absolute atomic E-state index is 12.7. The Balaban J connectivity index is 1.45. The Morgan fingerprint density at radius 2 is 1.71 bits per heavy atom. The molecule has 1 aliphatic heterocycles. The van der Waals surface area contributed by atoms with Gasteiger partial charge in [-0.2, -0.15) is 0 Å². The summed E-state index contributed by atoms with van der Waals surface area (Å²) in [6.45, 7) is 8.07. The fourth-order valence-electron chi connectivity index (χ4n) is 4.70. The molecule has 1 amide bonds. The summed E-state index contributed by atoms with van der Waals surface area (Å²) in [5.74, 6) is 2.00. The van der Waals surface area contributed by atoms with Crippen LogP contribution in [0.25, 0.3) is 0 Å². The van der Waals surface area contributed by atoms with Crippen LogP contribution in [0.2, 0.25) is 0 Å². The number of benzene rings is 2. The van der Waals surface area contributed by atoms with Gasteiger partial charge in [-0.05, 0) is 59.9 Å². The highest BCUT2D eigenvalue weighted by atomic mass is 16.5. The summed E-state index contributed by atoms with van der Waals surface area (Å²) >= 11 is 0. The zero-order valence-electron chi connectivity index (χ0n) is 19.3. The fraction of sp³-hybridized carbons (Fsp3) is 0.519. The maximum Gasteiger partial charge on any atom is 0.223 e. The van der Waals surface area contributed by atoms with Gasteiger partial charge in [0.25, 0.3) is 0 Å². The molecule has 2 fully saturated rings. The summed E-state index contributed by atoms with van der Waals surface area (Å²) in [5.41, 5.74) is 3.80. The minimum Gasteiger partial charge on any atom is -0.493 e. The van der Waals surface area contributed by atoms with Gasteiger partial charge in [0.15, 0.2) is 11.5 Å². The van der Waals surface area contributed by atoms with Gasteiger partial charge in [-0.3, -0.25) is 4.79 Å². The minimum absolute atomic E-state index is 0.139. The fourth-order valence-corrected chi connectivity index (χ4v) is 4.70. The van der Waals surface area contributed by atoms with Gasteiger partial charge in [0.2, 0.25) is 5.91 Å². The van der Waals surface area contributed by atoms with Crippen LogP contribution in [-0.2, 0) is 16.8 Å². The summed E-state index contributed by atoms with van der Waals surface area (Å²) in [7, 11) is 1.68. The molecule has 4 heteroatoms. The van der Waals surface area contributed by atoms with Crippen molar-refractivity contribution in [3.63, 3.8) is 0 Å². The number of hydrogen-bond donors (Lipinski definition) is 0. The molecule has 1 saturated heterocycles. The van der Waals surface area contributed by atoms with Gasteiger partial charge in [0, 0.05) is 25.4 Å². The monoisotopic (exact) mass is 421 g/mol. The number of carbonyl (C=O) groups excluding carboxylic acids is 1. The second kappa shape index (κ2) is 8.94. The number of amides is 1. The summed E-state index contributed by atoms with van der Waals surface area (Å²) < 4.78 is 11.8. The number of ether oxygens (including phenoxy) is 2. The molecule has 0 bridgehead atoms. The minimum atomic E-state index is 0.139. The van der Waals surface area contributed by atoms with Crippen LogP contribution in [0.5, 0.6) is 11.5 Å². The predicted octanol–water partition coefficient (Wildman–Crippen LogP) is 5.83. The van der Waals surface area contributed by atoms with Crippen molar-refractivity contribution < 1.29 is 14.3 Å². The molecule has 1 aliphatic carbocycles. The molecular weight excluding hydrogens is 386 g/mol. The lowest BCUT2D eigenvalue weighted by atomic mass is 9.87. The van der Waals surface area contributed by atoms with Crippen molar-refractivity contribution in [1.82, 2.24) is 4.90 Å². The van der Waals surface area contributed by atoms with E-state index in [4.69, 9.17) is 9.47 Å². The smallest absolute Gasteiger partial charge is 0.223 e. The number of methoxy groups -OCH3 is 1. The molecule has 4 rings (SSSR count). The molecule has 0 N–H and O–H groups in total. The van der Waals surface area contributed by atoms with E-state index in [0.29, 0.717) is 13.0 Å². The zero-order chi connectivity index (χ0) is 22.0. The molecule has 2 aromatic carbocycles. The van der Waals surface area contributed by atoms with E-state index in [1.165, 1.54) is 24.0 Å². The summed E-state index contributed by atoms with van der Waals surface area (Å²) in [4.78, 5) is 14.7. The molecule has 2 aliphatic rings. The highest BCUT2D eigenvalue weighted by Crippen LogP contribution is 2.37. The molecule has 1 saturated carbocycles. The Morgan fingerprint density at radius 3 is 2.35 bits per heavy atom. The van der Waals surface area contributed by atoms with Crippen molar-refractivity contribution in [3.05, 3.63) is 59.2 Å². The van der Waals surface area contributed by atoms with Crippen LogP contribution in [0.3, 0.4) is 0 Å². The van der Waals surface area contributed by atoms with Crippen LogP contribution in [0, 0.1) is 0 Å². The normalized spacial score (nSPS) is 19.8. The number of hydrogen-bond acceptors (Lipinski definition) is 3. The maximum atomic E-state index is 12.7. The van der Waals surface area contributed by atoms with Gasteiger partial charge in [-0.25, -0.2) is 0 Å². The molecule has 1 heterocycles. The predicted molar refractivity (Wildman–Crippen MR) is 124 cm³/mol. The molecule has 0 spiro atoms. The Morgan fingerprint density at radius 1 is 1.00 bits per heavy atom. The Bertz CT molecular complexity index is 907. The first-order valence-electron chi connectivity index (χ1n) is 11.6. The lowest BCUT2D eigenvalue weighted by molar-refractivity contribution is -0.128. The van der Waals surface area contributed by atoms with Gasteiger partial charge in [0.05, 0.1) is 13.2 Å². The standard InChI is InChI=1S/C27H35NO3/c1-27(2,3)22-12-9-19(10-13-22)17-28-18-21(16-26(28)29)20-11-14-24(30-4)25(15-20)31-23-7-5-6-8-23/h9-15,21,23H,5-8,16-18H2,1-4H3. The van der Waals surface area contributed by atoms with Crippen molar-refractivity contribution >= 4 is 5.91 Å². The SMILES string of the molecule is COc1ccc(C2CC(=O)N(Cc3ccc(C(C)(C)C)cc3)C2)cc1OC1CCCC1. The van der Waals surface area contributed by atoms with E-state index in [1.807, 2.05) is 11.0 Å². The van der Waals surface area contributed by atoms with Gasteiger partial charge >= 0.3 is 0 Å². The van der Waals surface area contributed by atoms with Gasteiger partial charge < -0.3 is 14.4 Å². The number of nitrogens with zero attached hydrogens (tertiary/aromatic N) is 1. The zero-order valence-corrected chi connectivity index (χ0v) is 19.3. The molecule has 0 aromatic heterocycles. The van der Waals surface area contributed by atoms with Crippen LogP contribution >= 0.6 is 0 Å². The average Bonchev–Trinajstić information content (AvgIpc) is 3.38. The molecular formula is C27H35NO3. The van der Waals surface area contributed by atoms with Crippen LogP contribution in [-0.4, -0.2) is 30.6 Å². The van der Waals surface area contributed by atoms with E-state index < -0.39 is 0 Å². The third-order valence-electron chi connectivity index (χ3n) is 6.66. The van der Waals surface area contributed by atoms with E-state index in [9.17, 15) is 4.79 Å². The van der Waals surface area contributed by atoms with Crippen molar-refractivity contribution in [1.29, 1.82) is 0 Å². The van der Waals surface area contributed by atoms with Crippen LogP contribution in [0.15, 0.2) is 42.5 Å². The molecule has 1 unspecified atom stereocenters. The van der Waals surface area contributed by atoms with E-state index >= 15 is 0 Å². The number of rotatable bonds is 6. The van der Waals surface area contributed by atoms with Crippen LogP contribution in [0.1, 0.15) is 75.5 Å². The van der Waals surface area contributed by atoms with E-state index in [1.54, 1.807) is 7.11 Å². The van der Waals surface area contributed by atoms with Crippen molar-refractivity contribution in [2.24, 2.45) is 0 Å². The summed E-state index contributed by atoms with van der Waals surface area (Å²) in [6, 6.07) is 14.8. The summed E-state index contributed by atoms with van der Waals surface area (Å²) in [5, 5.41) is 0. The van der Waals surface area contributed by atoms with Crippen molar-refractivity contribution in [2.45, 2.75) is 76.9 Å². The third-order valence-corrected chi connectivity index (χ3v) is 6.66. The van der Waals surface area contributed by atoms with E-state index in [2.05, 4.69) is 57.2 Å². The second-order valence-electron chi connectivity index (χ2n) is 10.1. The molecule has 1 atom stereocenters. The molecule has 166 valence electrons. The molecule has 0 radical (unpaired) electrons. The Hall–Kier alpha value is -2.49. The highest BCUT2D eigenvalue weighted by molar-refractivity contribution is 5.79. The quantitative estimate of drug-likeness (QED) is 0.589. The first-order chi connectivity index (χ1) is 14.8. The van der Waals surface area contributed by atoms with Crippen molar-refractivity contribution in [3.8, 4) is 11.5 Å². The highest BCUT2D eigenvalue weighted by Gasteiger charge is 2.31. The van der Waals surface area contributed by atoms with Gasteiger partial charge in [-0.15, -0.1) is 0 Å². The van der Waals surface area contributed by atoms with E-state index in [-0.39, 0.29) is 23.3 Å². The third kappa shape index (κ3) is 5.06. The molecule has 31 heavy (non-hydrogen) atoms. The topological polar surface area (TPSA) is 38.8 Å². The first-order valence-corrected chi connectivity index (χ1v) is 11.6. The average molecular weight is 422 g/mol. The van der Waals surface area contributed by atoms with Crippen molar-refractivity contribution in [2.75, 3.05) is 13.7 Å². The Kier molecular flexibility index (Phi) is 6.27.